The van der Waals surface area contributed by atoms with Crippen molar-refractivity contribution in [2.75, 3.05) is 5.32 Å². The second-order valence-corrected chi connectivity index (χ2v) is 9.13. The van der Waals surface area contributed by atoms with E-state index < -0.39 is 16.9 Å². The number of nitro groups is 1. The molecule has 0 radical (unpaired) electrons. The number of hydrogen-bond donors (Lipinski definition) is 1. The van der Waals surface area contributed by atoms with Gasteiger partial charge in [-0.2, -0.15) is 4.68 Å². The molecule has 10 nitrogen and oxygen atoms in total. The fraction of sp³-hybridized carbons (Fsp3) is 0.545. The van der Waals surface area contributed by atoms with Crippen LogP contribution in [0.3, 0.4) is 0 Å². The van der Waals surface area contributed by atoms with Gasteiger partial charge in [0.2, 0.25) is 5.95 Å². The van der Waals surface area contributed by atoms with E-state index in [-0.39, 0.29) is 11.8 Å². The lowest BCUT2D eigenvalue weighted by Gasteiger charge is -2.37. The molecule has 1 aromatic heterocycles. The first-order valence-corrected chi connectivity index (χ1v) is 11.0. The van der Waals surface area contributed by atoms with Crippen LogP contribution in [-0.2, 0) is 9.53 Å². The third-order valence-corrected chi connectivity index (χ3v) is 6.57. The number of rotatable bonds is 5. The summed E-state index contributed by atoms with van der Waals surface area (Å²) in [4.78, 5) is 24.2. The van der Waals surface area contributed by atoms with Gasteiger partial charge in [0.25, 0.3) is 5.69 Å². The van der Waals surface area contributed by atoms with E-state index in [1.807, 2.05) is 0 Å². The number of anilines is 1. The summed E-state index contributed by atoms with van der Waals surface area (Å²) in [6, 6.07) is 5.43. The molecular weight excluding hydrogens is 412 g/mol. The Kier molecular flexibility index (Phi) is 5.94. The van der Waals surface area contributed by atoms with Gasteiger partial charge < -0.3 is 10.1 Å². The Balaban J connectivity index is 1.68. The van der Waals surface area contributed by atoms with E-state index in [9.17, 15) is 14.9 Å². The van der Waals surface area contributed by atoms with Crippen molar-refractivity contribution in [3.63, 3.8) is 0 Å². The van der Waals surface area contributed by atoms with Crippen LogP contribution in [0.4, 0.5) is 11.6 Å². The number of carbonyl (C=O) groups is 1. The third kappa shape index (κ3) is 4.09. The summed E-state index contributed by atoms with van der Waals surface area (Å²) in [6.07, 6.45) is 2.86. The molecule has 1 fully saturated rings. The van der Waals surface area contributed by atoms with E-state index in [1.54, 1.807) is 19.1 Å². The number of allylic oxidation sites excluding steroid dienone is 1. The van der Waals surface area contributed by atoms with Gasteiger partial charge in [0.15, 0.2) is 0 Å². The van der Waals surface area contributed by atoms with Crippen molar-refractivity contribution >= 4 is 17.6 Å². The van der Waals surface area contributed by atoms with Gasteiger partial charge in [0, 0.05) is 17.8 Å². The van der Waals surface area contributed by atoms with Crippen LogP contribution in [0.25, 0.3) is 0 Å². The van der Waals surface area contributed by atoms with Gasteiger partial charge in [-0.25, -0.2) is 4.79 Å². The number of carbonyl (C=O) groups excluding carboxylic acids is 1. The van der Waals surface area contributed by atoms with Crippen LogP contribution in [0.2, 0.25) is 0 Å². The number of benzene rings is 1. The van der Waals surface area contributed by atoms with E-state index in [0.29, 0.717) is 40.5 Å². The Morgan fingerprint density at radius 1 is 1.28 bits per heavy atom. The maximum Gasteiger partial charge on any atom is 0.338 e. The first-order chi connectivity index (χ1) is 15.3. The highest BCUT2D eigenvalue weighted by atomic mass is 16.6. The molecule has 4 atom stereocenters. The topological polar surface area (TPSA) is 125 Å². The molecular formula is C22H28N6O4. The normalized spacial score (nSPS) is 25.3. The van der Waals surface area contributed by atoms with E-state index in [0.717, 1.165) is 19.3 Å². The molecule has 2 aliphatic rings. The lowest BCUT2D eigenvalue weighted by molar-refractivity contribution is -0.384. The summed E-state index contributed by atoms with van der Waals surface area (Å²) in [5, 5.41) is 25.9. The fourth-order valence-corrected chi connectivity index (χ4v) is 4.81. The molecule has 1 N–H and O–H groups in total. The number of tetrazole rings is 1. The minimum absolute atomic E-state index is 0.0274. The van der Waals surface area contributed by atoms with Crippen molar-refractivity contribution in [1.29, 1.82) is 0 Å². The van der Waals surface area contributed by atoms with Gasteiger partial charge in [0.05, 0.1) is 10.5 Å². The number of aromatic nitrogens is 4. The maximum atomic E-state index is 13.5. The average Bonchev–Trinajstić information content (AvgIpc) is 3.20. The Morgan fingerprint density at radius 2 is 2.00 bits per heavy atom. The van der Waals surface area contributed by atoms with Crippen molar-refractivity contribution < 1.29 is 14.5 Å². The molecule has 1 saturated carbocycles. The first-order valence-electron chi connectivity index (χ1n) is 11.0. The highest BCUT2D eigenvalue weighted by Gasteiger charge is 2.39. The van der Waals surface area contributed by atoms with Gasteiger partial charge in [-0.3, -0.25) is 10.1 Å². The predicted molar refractivity (Wildman–Crippen MR) is 117 cm³/mol. The van der Waals surface area contributed by atoms with E-state index >= 15 is 0 Å². The number of esters is 1. The monoisotopic (exact) mass is 440 g/mol. The molecule has 2 aromatic rings. The van der Waals surface area contributed by atoms with E-state index in [1.165, 1.54) is 16.8 Å². The third-order valence-electron chi connectivity index (χ3n) is 6.57. The molecule has 4 rings (SSSR count). The highest BCUT2D eigenvalue weighted by molar-refractivity contribution is 5.92. The van der Waals surface area contributed by atoms with Gasteiger partial charge in [-0.05, 0) is 65.6 Å². The highest BCUT2D eigenvalue weighted by Crippen LogP contribution is 2.39. The van der Waals surface area contributed by atoms with Gasteiger partial charge in [-0.1, -0.05) is 32.3 Å². The molecule has 0 bridgehead atoms. The standard InChI is InChI=1S/C22H28N6O4/c1-12(2)17-10-5-13(3)11-18(17)32-21(29)19-14(4)23-22-24-25-26-27(22)20(19)15-6-8-16(9-7-15)28(30)31/h6-9,12-13,17-18,20H,5,10-11H2,1-4H3,(H,23,24,26)/t13-,17-,18-,20-/m1/s1. The summed E-state index contributed by atoms with van der Waals surface area (Å²) in [5.74, 6) is 1.21. The summed E-state index contributed by atoms with van der Waals surface area (Å²) in [6.45, 7) is 8.32. The number of nitrogens with zero attached hydrogens (tertiary/aromatic N) is 5. The van der Waals surface area contributed by atoms with Crippen LogP contribution in [0.15, 0.2) is 35.5 Å². The Labute approximate surface area is 186 Å². The van der Waals surface area contributed by atoms with Gasteiger partial charge >= 0.3 is 5.97 Å². The molecule has 0 saturated heterocycles. The second-order valence-electron chi connectivity index (χ2n) is 9.13. The van der Waals surface area contributed by atoms with Crippen molar-refractivity contribution in [2.24, 2.45) is 17.8 Å². The minimum Gasteiger partial charge on any atom is -0.459 e. The lowest BCUT2D eigenvalue weighted by atomic mass is 9.75. The SMILES string of the molecule is CC1=C(C(=O)O[C@@H]2C[C@H](C)CC[C@@H]2C(C)C)[C@@H](c2ccc([N+](=O)[O-])cc2)n2nnnc2N1. The molecule has 0 unspecified atom stereocenters. The Hall–Kier alpha value is -3.30. The average molecular weight is 441 g/mol. The van der Waals surface area contributed by atoms with Crippen LogP contribution in [0.1, 0.15) is 58.6 Å². The lowest BCUT2D eigenvalue weighted by Crippen LogP contribution is -2.38. The molecule has 0 amide bonds. The smallest absolute Gasteiger partial charge is 0.338 e. The first kappa shape index (κ1) is 21.9. The van der Waals surface area contributed by atoms with Crippen molar-refractivity contribution in [1.82, 2.24) is 20.2 Å². The number of ether oxygens (including phenoxy) is 1. The molecule has 0 spiro atoms. The van der Waals surface area contributed by atoms with Crippen LogP contribution >= 0.6 is 0 Å². The zero-order chi connectivity index (χ0) is 23.0. The number of non-ortho nitro benzene ring substituents is 1. The van der Waals surface area contributed by atoms with Crippen LogP contribution in [0.5, 0.6) is 0 Å². The largest absolute Gasteiger partial charge is 0.459 e. The molecule has 32 heavy (non-hydrogen) atoms. The number of hydrogen-bond acceptors (Lipinski definition) is 8. The van der Waals surface area contributed by atoms with Crippen LogP contribution in [0, 0.1) is 27.9 Å². The van der Waals surface area contributed by atoms with E-state index in [2.05, 4.69) is 41.6 Å². The quantitative estimate of drug-likeness (QED) is 0.422. The molecule has 2 heterocycles. The molecule has 1 aliphatic heterocycles. The summed E-state index contributed by atoms with van der Waals surface area (Å²) in [5.41, 5.74) is 1.64. The van der Waals surface area contributed by atoms with Crippen LogP contribution < -0.4 is 5.32 Å². The molecule has 10 heteroatoms. The second kappa shape index (κ2) is 8.68. The van der Waals surface area contributed by atoms with Crippen molar-refractivity contribution in [2.45, 2.75) is 59.1 Å². The zero-order valence-corrected chi connectivity index (χ0v) is 18.7. The Morgan fingerprint density at radius 3 is 2.66 bits per heavy atom. The summed E-state index contributed by atoms with van der Waals surface area (Å²) >= 11 is 0. The number of nitro benzene ring substituents is 1. The Bertz CT molecular complexity index is 1040. The zero-order valence-electron chi connectivity index (χ0n) is 18.7. The maximum absolute atomic E-state index is 13.5. The number of nitrogens with one attached hydrogen (secondary N) is 1. The van der Waals surface area contributed by atoms with Gasteiger partial charge in [-0.15, -0.1) is 0 Å². The van der Waals surface area contributed by atoms with Gasteiger partial charge in [0.1, 0.15) is 12.1 Å². The van der Waals surface area contributed by atoms with Crippen LogP contribution in [-0.4, -0.2) is 37.2 Å². The minimum atomic E-state index is -0.645. The molecule has 170 valence electrons. The fourth-order valence-electron chi connectivity index (χ4n) is 4.81. The molecule has 1 aromatic carbocycles. The summed E-state index contributed by atoms with van der Waals surface area (Å²) in [7, 11) is 0. The molecule has 1 aliphatic carbocycles. The number of fused-ring (bicyclic) bond motifs is 1. The summed E-state index contributed by atoms with van der Waals surface area (Å²) < 4.78 is 7.63. The van der Waals surface area contributed by atoms with Crippen molar-refractivity contribution in [3.05, 3.63) is 51.2 Å². The predicted octanol–water partition coefficient (Wildman–Crippen LogP) is 3.87. The van der Waals surface area contributed by atoms with E-state index in [4.69, 9.17) is 4.74 Å². The van der Waals surface area contributed by atoms with Crippen molar-refractivity contribution in [3.8, 4) is 0 Å².